The minimum absolute atomic E-state index is 0.0245. The number of benzene rings is 1. The lowest BCUT2D eigenvalue weighted by molar-refractivity contribution is 0.0487. The minimum Gasteiger partial charge on any atom is -0.494 e. The van der Waals surface area contributed by atoms with E-state index < -0.39 is 0 Å². The van der Waals surface area contributed by atoms with Crippen molar-refractivity contribution in [1.82, 2.24) is 9.88 Å². The molecule has 1 aromatic carbocycles. The number of rotatable bonds is 9. The van der Waals surface area contributed by atoms with Gasteiger partial charge in [0.2, 0.25) is 0 Å². The second-order valence-corrected chi connectivity index (χ2v) is 6.46. The van der Waals surface area contributed by atoms with Crippen molar-refractivity contribution in [1.29, 1.82) is 0 Å². The zero-order valence-electron chi connectivity index (χ0n) is 15.7. The monoisotopic (exact) mass is 348 g/mol. The van der Waals surface area contributed by atoms with E-state index in [0.29, 0.717) is 30.4 Å². The summed E-state index contributed by atoms with van der Waals surface area (Å²) in [5.74, 6) is 1.04. The quantitative estimate of drug-likeness (QED) is 0.555. The topological polar surface area (TPSA) is 63.8 Å². The number of fused-ring (bicyclic) bond motifs is 1. The predicted molar refractivity (Wildman–Crippen MR) is 98.7 cm³/mol. The molecule has 1 aromatic heterocycles. The zero-order chi connectivity index (χ0) is 18.4. The number of carbonyl (C=O) groups excluding carboxylic acids is 1. The largest absolute Gasteiger partial charge is 0.494 e. The Hall–Kier alpha value is -2.21. The molecule has 1 heterocycles. The number of esters is 1. The molecule has 0 radical (unpaired) electrons. The van der Waals surface area contributed by atoms with Crippen LogP contribution in [-0.2, 0) is 4.74 Å². The Balaban J connectivity index is 2.20. The molecule has 2 rings (SSSR count). The number of nitrogens with one attached hydrogen (secondary N) is 1. The summed E-state index contributed by atoms with van der Waals surface area (Å²) in [6.07, 6.45) is 0.825. The first-order valence-electron chi connectivity index (χ1n) is 8.68. The molecule has 0 aliphatic heterocycles. The van der Waals surface area contributed by atoms with E-state index in [-0.39, 0.29) is 12.1 Å². The van der Waals surface area contributed by atoms with Gasteiger partial charge in [-0.15, -0.1) is 0 Å². The van der Waals surface area contributed by atoms with Crippen molar-refractivity contribution < 1.29 is 19.0 Å². The molecule has 0 bridgehead atoms. The molecule has 138 valence electrons. The third-order valence-electron chi connectivity index (χ3n) is 3.55. The highest BCUT2D eigenvalue weighted by molar-refractivity contribution is 5.97. The molecule has 0 saturated heterocycles. The second kappa shape index (κ2) is 8.76. The van der Waals surface area contributed by atoms with E-state index in [0.717, 1.165) is 23.9 Å². The Kier molecular flexibility index (Phi) is 6.70. The lowest BCUT2D eigenvalue weighted by Gasteiger charge is -2.12. The Labute approximate surface area is 149 Å². The number of carbonyl (C=O) groups is 1. The highest BCUT2D eigenvalue weighted by atomic mass is 16.5. The Morgan fingerprint density at radius 3 is 2.64 bits per heavy atom. The minimum atomic E-state index is -0.358. The number of aromatic nitrogens is 1. The molecule has 25 heavy (non-hydrogen) atoms. The number of hydrogen-bond acceptors (Lipinski definition) is 5. The highest BCUT2D eigenvalue weighted by Crippen LogP contribution is 2.32. The van der Waals surface area contributed by atoms with E-state index >= 15 is 0 Å². The molecule has 0 aliphatic rings. The lowest BCUT2D eigenvalue weighted by Crippen LogP contribution is -2.16. The molecular formula is C19H28N2O4. The molecule has 0 aliphatic carbocycles. The molecule has 1 N–H and O–H groups in total. The van der Waals surface area contributed by atoms with Crippen molar-refractivity contribution >= 4 is 16.9 Å². The van der Waals surface area contributed by atoms with Gasteiger partial charge in [0.05, 0.1) is 24.8 Å². The Bertz CT molecular complexity index is 707. The summed E-state index contributed by atoms with van der Waals surface area (Å²) in [5.41, 5.74) is 1.21. The van der Waals surface area contributed by atoms with Gasteiger partial charge in [-0.05, 0) is 47.4 Å². The maximum absolute atomic E-state index is 12.3. The summed E-state index contributed by atoms with van der Waals surface area (Å²) in [4.78, 5) is 17.4. The summed E-state index contributed by atoms with van der Waals surface area (Å²) in [5, 5.41) is 0.845. The smallest absolute Gasteiger partial charge is 0.354 e. The van der Waals surface area contributed by atoms with E-state index in [2.05, 4.69) is 9.88 Å². The first-order chi connectivity index (χ1) is 11.9. The van der Waals surface area contributed by atoms with Crippen molar-refractivity contribution in [2.75, 3.05) is 33.9 Å². The molecule has 0 atom stereocenters. The van der Waals surface area contributed by atoms with Crippen LogP contribution in [0.4, 0.5) is 0 Å². The SMILES string of the molecule is CCOc1cc(OC(C)C)c2cc(C(=O)OCCCN(C)C)[nH]c2c1. The van der Waals surface area contributed by atoms with Crippen LogP contribution < -0.4 is 9.47 Å². The summed E-state index contributed by atoms with van der Waals surface area (Å²) in [6.45, 7) is 7.69. The van der Waals surface area contributed by atoms with Crippen LogP contribution in [0.5, 0.6) is 11.5 Å². The summed E-state index contributed by atoms with van der Waals surface area (Å²) in [6, 6.07) is 5.50. The molecule has 0 unspecified atom stereocenters. The molecule has 0 saturated carbocycles. The van der Waals surface area contributed by atoms with Gasteiger partial charge in [-0.25, -0.2) is 4.79 Å². The average Bonchev–Trinajstić information content (AvgIpc) is 2.95. The van der Waals surface area contributed by atoms with E-state index in [1.165, 1.54) is 0 Å². The molecule has 2 aromatic rings. The number of H-pyrrole nitrogens is 1. The van der Waals surface area contributed by atoms with Gasteiger partial charge in [0.15, 0.2) is 0 Å². The lowest BCUT2D eigenvalue weighted by atomic mass is 10.2. The van der Waals surface area contributed by atoms with Gasteiger partial charge in [0.25, 0.3) is 0 Å². The number of hydrogen-bond donors (Lipinski definition) is 1. The van der Waals surface area contributed by atoms with Crippen LogP contribution in [0.2, 0.25) is 0 Å². The molecule has 0 spiro atoms. The Morgan fingerprint density at radius 1 is 1.24 bits per heavy atom. The van der Waals surface area contributed by atoms with Gasteiger partial charge in [-0.2, -0.15) is 0 Å². The van der Waals surface area contributed by atoms with Crippen LogP contribution in [0.1, 0.15) is 37.7 Å². The maximum atomic E-state index is 12.3. The normalized spacial score (nSPS) is 11.3. The average molecular weight is 348 g/mol. The third kappa shape index (κ3) is 5.39. The first-order valence-corrected chi connectivity index (χ1v) is 8.68. The van der Waals surface area contributed by atoms with Gasteiger partial charge in [-0.1, -0.05) is 0 Å². The molecule has 0 amide bonds. The standard InChI is InChI=1S/C19H28N2O4/c1-6-23-14-10-16-15(18(11-14)25-13(2)3)12-17(20-16)19(22)24-9-7-8-21(4)5/h10-13,20H,6-9H2,1-5H3. The van der Waals surface area contributed by atoms with Crippen molar-refractivity contribution in [3.05, 3.63) is 23.9 Å². The third-order valence-corrected chi connectivity index (χ3v) is 3.55. The summed E-state index contributed by atoms with van der Waals surface area (Å²) >= 11 is 0. The van der Waals surface area contributed by atoms with Crippen molar-refractivity contribution in [3.63, 3.8) is 0 Å². The van der Waals surface area contributed by atoms with Crippen LogP contribution in [0.25, 0.3) is 10.9 Å². The van der Waals surface area contributed by atoms with Crippen LogP contribution >= 0.6 is 0 Å². The van der Waals surface area contributed by atoms with Gasteiger partial charge < -0.3 is 24.1 Å². The van der Waals surface area contributed by atoms with Crippen LogP contribution in [-0.4, -0.2) is 55.8 Å². The second-order valence-electron chi connectivity index (χ2n) is 6.46. The van der Waals surface area contributed by atoms with Crippen molar-refractivity contribution in [2.24, 2.45) is 0 Å². The molecule has 6 nitrogen and oxygen atoms in total. The fraction of sp³-hybridized carbons (Fsp3) is 0.526. The molecular weight excluding hydrogens is 320 g/mol. The summed E-state index contributed by atoms with van der Waals surface area (Å²) < 4.78 is 16.8. The van der Waals surface area contributed by atoms with Crippen LogP contribution in [0.3, 0.4) is 0 Å². The van der Waals surface area contributed by atoms with Gasteiger partial charge in [0.1, 0.15) is 17.2 Å². The van der Waals surface area contributed by atoms with E-state index in [9.17, 15) is 4.79 Å². The number of ether oxygens (including phenoxy) is 3. The Morgan fingerprint density at radius 2 is 2.00 bits per heavy atom. The van der Waals surface area contributed by atoms with Crippen LogP contribution in [0, 0.1) is 0 Å². The fourth-order valence-corrected chi connectivity index (χ4v) is 2.51. The van der Waals surface area contributed by atoms with Crippen molar-refractivity contribution in [2.45, 2.75) is 33.3 Å². The van der Waals surface area contributed by atoms with E-state index in [1.54, 1.807) is 6.07 Å². The van der Waals surface area contributed by atoms with Gasteiger partial charge in [0, 0.05) is 24.1 Å². The fourth-order valence-electron chi connectivity index (χ4n) is 2.51. The predicted octanol–water partition coefficient (Wildman–Crippen LogP) is 3.46. The van der Waals surface area contributed by atoms with E-state index in [4.69, 9.17) is 14.2 Å². The zero-order valence-corrected chi connectivity index (χ0v) is 15.7. The highest BCUT2D eigenvalue weighted by Gasteiger charge is 2.16. The first kappa shape index (κ1) is 19.1. The van der Waals surface area contributed by atoms with E-state index in [1.807, 2.05) is 47.0 Å². The van der Waals surface area contributed by atoms with Gasteiger partial charge in [-0.3, -0.25) is 0 Å². The molecule has 6 heteroatoms. The van der Waals surface area contributed by atoms with Crippen molar-refractivity contribution in [3.8, 4) is 11.5 Å². The maximum Gasteiger partial charge on any atom is 0.354 e. The number of nitrogens with zero attached hydrogens (tertiary/aromatic N) is 1. The number of aromatic amines is 1. The van der Waals surface area contributed by atoms with Gasteiger partial charge >= 0.3 is 5.97 Å². The molecule has 0 fully saturated rings. The van der Waals surface area contributed by atoms with Crippen LogP contribution in [0.15, 0.2) is 18.2 Å². The summed E-state index contributed by atoms with van der Waals surface area (Å²) in [7, 11) is 3.98.